The summed E-state index contributed by atoms with van der Waals surface area (Å²) in [5.41, 5.74) is 1.51. The normalized spacial score (nSPS) is 17.4. The van der Waals surface area contributed by atoms with Crippen LogP contribution in [-0.2, 0) is 13.1 Å². The van der Waals surface area contributed by atoms with Gasteiger partial charge in [0.05, 0.1) is 18.6 Å². The quantitative estimate of drug-likeness (QED) is 0.715. The van der Waals surface area contributed by atoms with Gasteiger partial charge in [-0.25, -0.2) is 22.9 Å². The van der Waals surface area contributed by atoms with Crippen LogP contribution in [-0.4, -0.2) is 38.2 Å². The number of halogens is 3. The maximum Gasteiger partial charge on any atom is 0.322 e. The maximum atomic E-state index is 13.5. The number of imidazole rings is 1. The molecule has 2 heterocycles. The van der Waals surface area contributed by atoms with Crippen LogP contribution in [0.25, 0.3) is 0 Å². The molecule has 0 aliphatic carbocycles. The van der Waals surface area contributed by atoms with E-state index in [-0.39, 0.29) is 30.5 Å². The maximum absolute atomic E-state index is 13.5. The smallest absolute Gasteiger partial charge is 0.322 e. The van der Waals surface area contributed by atoms with E-state index in [0.717, 1.165) is 6.92 Å². The Morgan fingerprint density at radius 3 is 2.70 bits per heavy atom. The molecule has 2 atom stereocenters. The van der Waals surface area contributed by atoms with Gasteiger partial charge in [0, 0.05) is 30.6 Å². The van der Waals surface area contributed by atoms with Gasteiger partial charge in [0.2, 0.25) is 5.92 Å². The lowest BCUT2D eigenvalue weighted by atomic mass is 9.96. The van der Waals surface area contributed by atoms with Crippen molar-refractivity contribution in [3.05, 3.63) is 47.3 Å². The van der Waals surface area contributed by atoms with Crippen molar-refractivity contribution in [3.63, 3.8) is 0 Å². The molecule has 2 amide bonds. The van der Waals surface area contributed by atoms with Crippen molar-refractivity contribution in [2.45, 2.75) is 59.2 Å². The highest BCUT2D eigenvalue weighted by molar-refractivity contribution is 5.96. The van der Waals surface area contributed by atoms with Gasteiger partial charge in [0.25, 0.3) is 0 Å². The Bertz CT molecular complexity index is 968. The molecule has 3 rings (SSSR count). The Balaban J connectivity index is 1.77. The molecule has 0 radical (unpaired) electrons. The Hall–Kier alpha value is -2.84. The molecule has 2 aromatic rings. The van der Waals surface area contributed by atoms with Gasteiger partial charge in [-0.1, -0.05) is 6.92 Å². The summed E-state index contributed by atoms with van der Waals surface area (Å²) in [7, 11) is 0. The second-order valence-corrected chi connectivity index (χ2v) is 8.05. The number of carbonyl (C=O) groups excluding carboxylic acids is 2. The van der Waals surface area contributed by atoms with Gasteiger partial charge >= 0.3 is 6.03 Å². The molecular formula is C21H25F3N4O2. The van der Waals surface area contributed by atoms with E-state index in [0.29, 0.717) is 23.5 Å². The SMILES string of the molecule is Cc1cc(NC(=O)N2Cc3c(C(=O)C[C@H](C)C(C)(F)F)ncn3C[C@@H]2C)ccc1F. The molecule has 6 nitrogen and oxygen atoms in total. The van der Waals surface area contributed by atoms with Gasteiger partial charge < -0.3 is 14.8 Å². The van der Waals surface area contributed by atoms with E-state index in [1.165, 1.54) is 31.5 Å². The molecule has 0 unspecified atom stereocenters. The minimum atomic E-state index is -2.97. The second kappa shape index (κ2) is 8.12. The van der Waals surface area contributed by atoms with Crippen molar-refractivity contribution >= 4 is 17.5 Å². The Morgan fingerprint density at radius 2 is 2.07 bits per heavy atom. The number of carbonyl (C=O) groups is 2. The van der Waals surface area contributed by atoms with Gasteiger partial charge in [-0.15, -0.1) is 0 Å². The number of Topliss-reactive ketones (excluding diaryl/α,β-unsaturated/α-hetero) is 1. The van der Waals surface area contributed by atoms with Crippen molar-refractivity contribution in [2.75, 3.05) is 5.32 Å². The molecule has 0 fully saturated rings. The van der Waals surface area contributed by atoms with Gasteiger partial charge in [-0.05, 0) is 44.5 Å². The summed E-state index contributed by atoms with van der Waals surface area (Å²) < 4.78 is 42.2. The van der Waals surface area contributed by atoms with E-state index >= 15 is 0 Å². The minimum absolute atomic E-state index is 0.116. The highest BCUT2D eigenvalue weighted by atomic mass is 19.3. The number of nitrogens with zero attached hydrogens (tertiary/aromatic N) is 3. The summed E-state index contributed by atoms with van der Waals surface area (Å²) in [4.78, 5) is 31.1. The van der Waals surface area contributed by atoms with Crippen LogP contribution < -0.4 is 5.32 Å². The van der Waals surface area contributed by atoms with Crippen LogP contribution in [0.2, 0.25) is 0 Å². The average molecular weight is 422 g/mol. The molecule has 0 saturated heterocycles. The summed E-state index contributed by atoms with van der Waals surface area (Å²) in [5, 5.41) is 2.74. The highest BCUT2D eigenvalue weighted by Crippen LogP contribution is 2.29. The van der Waals surface area contributed by atoms with Crippen molar-refractivity contribution in [3.8, 4) is 0 Å². The largest absolute Gasteiger partial charge is 0.330 e. The number of rotatable bonds is 5. The summed E-state index contributed by atoms with van der Waals surface area (Å²) >= 11 is 0. The molecular weight excluding hydrogens is 397 g/mol. The van der Waals surface area contributed by atoms with Crippen molar-refractivity contribution in [2.24, 2.45) is 5.92 Å². The first-order valence-electron chi connectivity index (χ1n) is 9.76. The summed E-state index contributed by atoms with van der Waals surface area (Å²) in [6.45, 7) is 6.12. The Morgan fingerprint density at radius 1 is 1.37 bits per heavy atom. The van der Waals surface area contributed by atoms with Gasteiger partial charge in [-0.3, -0.25) is 4.79 Å². The van der Waals surface area contributed by atoms with Gasteiger partial charge in [0.1, 0.15) is 11.5 Å². The average Bonchev–Trinajstić information content (AvgIpc) is 3.05. The lowest BCUT2D eigenvalue weighted by Crippen LogP contribution is -2.46. The van der Waals surface area contributed by atoms with Crippen molar-refractivity contribution < 1.29 is 22.8 Å². The van der Waals surface area contributed by atoms with E-state index < -0.39 is 23.7 Å². The second-order valence-electron chi connectivity index (χ2n) is 8.05. The molecule has 0 bridgehead atoms. The van der Waals surface area contributed by atoms with Crippen LogP contribution in [0.5, 0.6) is 0 Å². The Labute approximate surface area is 173 Å². The predicted octanol–water partition coefficient (Wildman–Crippen LogP) is 4.63. The van der Waals surface area contributed by atoms with Crippen LogP contribution in [0.1, 0.15) is 48.9 Å². The van der Waals surface area contributed by atoms with E-state index in [4.69, 9.17) is 0 Å². The minimum Gasteiger partial charge on any atom is -0.330 e. The van der Waals surface area contributed by atoms with Crippen LogP contribution in [0.3, 0.4) is 0 Å². The summed E-state index contributed by atoms with van der Waals surface area (Å²) in [6, 6.07) is 3.71. The number of amides is 2. The number of fused-ring (bicyclic) bond motifs is 1. The monoisotopic (exact) mass is 422 g/mol. The number of urea groups is 1. The number of aromatic nitrogens is 2. The number of alkyl halides is 2. The molecule has 30 heavy (non-hydrogen) atoms. The van der Waals surface area contributed by atoms with Gasteiger partial charge in [-0.2, -0.15) is 0 Å². The lowest BCUT2D eigenvalue weighted by Gasteiger charge is -2.34. The topological polar surface area (TPSA) is 67.2 Å². The van der Waals surface area contributed by atoms with Gasteiger partial charge in [0.15, 0.2) is 5.78 Å². The molecule has 162 valence electrons. The van der Waals surface area contributed by atoms with Crippen LogP contribution in [0.15, 0.2) is 24.5 Å². The fraction of sp³-hybridized carbons (Fsp3) is 0.476. The number of hydrogen-bond acceptors (Lipinski definition) is 3. The molecule has 1 N–H and O–H groups in total. The standard InChI is InChI=1S/C21H25F3N4O2/c1-12-7-15(5-6-16(12)22)26-20(30)28-10-17-19(25-11-27(17)9-14(28)3)18(29)8-13(2)21(4,23)24/h5-7,11,13-14H,8-10H2,1-4H3,(H,26,30)/t13-,14-/m0/s1. The first-order chi connectivity index (χ1) is 14.0. The molecule has 0 spiro atoms. The predicted molar refractivity (Wildman–Crippen MR) is 106 cm³/mol. The number of anilines is 1. The number of benzene rings is 1. The van der Waals surface area contributed by atoms with Crippen molar-refractivity contribution in [1.29, 1.82) is 0 Å². The zero-order chi connectivity index (χ0) is 22.2. The first-order valence-corrected chi connectivity index (χ1v) is 9.76. The summed E-state index contributed by atoms with van der Waals surface area (Å²) in [5.74, 6) is -4.92. The number of nitrogens with one attached hydrogen (secondary N) is 1. The molecule has 1 aliphatic heterocycles. The fourth-order valence-electron chi connectivity index (χ4n) is 3.41. The van der Waals surface area contributed by atoms with Crippen molar-refractivity contribution in [1.82, 2.24) is 14.5 Å². The zero-order valence-corrected chi connectivity index (χ0v) is 17.4. The van der Waals surface area contributed by atoms with Crippen LogP contribution in [0, 0.1) is 18.7 Å². The fourth-order valence-corrected chi connectivity index (χ4v) is 3.41. The first kappa shape index (κ1) is 21.9. The molecule has 0 saturated carbocycles. The highest BCUT2D eigenvalue weighted by Gasteiger charge is 2.35. The summed E-state index contributed by atoms with van der Waals surface area (Å²) in [6.07, 6.45) is 1.18. The van der Waals surface area contributed by atoms with E-state index in [1.54, 1.807) is 16.4 Å². The number of hydrogen-bond donors (Lipinski definition) is 1. The van der Waals surface area contributed by atoms with Crippen LogP contribution in [0.4, 0.5) is 23.7 Å². The molecule has 1 aliphatic rings. The molecule has 9 heteroatoms. The number of ketones is 1. The van der Waals surface area contributed by atoms with E-state index in [2.05, 4.69) is 10.3 Å². The van der Waals surface area contributed by atoms with E-state index in [9.17, 15) is 22.8 Å². The zero-order valence-electron chi connectivity index (χ0n) is 17.4. The Kier molecular flexibility index (Phi) is 5.92. The van der Waals surface area contributed by atoms with E-state index in [1.807, 2.05) is 6.92 Å². The lowest BCUT2D eigenvalue weighted by molar-refractivity contribution is -0.0330. The third kappa shape index (κ3) is 4.49. The third-order valence-corrected chi connectivity index (χ3v) is 5.55. The number of aryl methyl sites for hydroxylation is 1. The van der Waals surface area contributed by atoms with Crippen LogP contribution >= 0.6 is 0 Å². The molecule has 1 aromatic heterocycles. The molecule has 1 aromatic carbocycles. The third-order valence-electron chi connectivity index (χ3n) is 5.55.